The van der Waals surface area contributed by atoms with Crippen LogP contribution in [0.25, 0.3) is 0 Å². The van der Waals surface area contributed by atoms with Gasteiger partial charge < -0.3 is 16.0 Å². The Morgan fingerprint density at radius 3 is 2.71 bits per heavy atom. The number of rotatable bonds is 3. The molecular formula is C7H13N5OS. The van der Waals surface area contributed by atoms with E-state index in [4.69, 9.17) is 5.73 Å². The molecule has 1 heterocycles. The van der Waals surface area contributed by atoms with E-state index in [-0.39, 0.29) is 17.9 Å². The van der Waals surface area contributed by atoms with E-state index in [1.54, 1.807) is 21.0 Å². The van der Waals surface area contributed by atoms with E-state index in [1.807, 2.05) is 0 Å². The summed E-state index contributed by atoms with van der Waals surface area (Å²) in [5, 5.41) is 3.48. The third-order valence-corrected chi connectivity index (χ3v) is 2.25. The fraction of sp³-hybridized carbons (Fsp3) is 0.571. The molecule has 0 spiro atoms. The molecule has 0 saturated heterocycles. The molecule has 0 saturated carbocycles. The molecule has 1 rings (SSSR count). The number of amides is 1. The van der Waals surface area contributed by atoms with E-state index in [0.717, 1.165) is 11.5 Å². The predicted molar refractivity (Wildman–Crippen MR) is 56.1 cm³/mol. The molecule has 78 valence electrons. The molecule has 1 aromatic rings. The Morgan fingerprint density at radius 2 is 2.29 bits per heavy atom. The summed E-state index contributed by atoms with van der Waals surface area (Å²) < 4.78 is 3.79. The number of hydrogen-bond acceptors (Lipinski definition) is 6. The van der Waals surface area contributed by atoms with Crippen molar-refractivity contribution >= 4 is 28.5 Å². The van der Waals surface area contributed by atoms with Crippen molar-refractivity contribution in [3.63, 3.8) is 0 Å². The number of hydrogen-bond donors (Lipinski definition) is 2. The molecule has 0 aliphatic carbocycles. The number of anilines is 2. The molecule has 3 N–H and O–H groups in total. The minimum Gasteiger partial charge on any atom is -0.367 e. The molecule has 1 aromatic heterocycles. The molecule has 0 aliphatic heterocycles. The molecule has 0 aromatic carbocycles. The minimum atomic E-state index is -0.322. The van der Waals surface area contributed by atoms with E-state index >= 15 is 0 Å². The molecule has 1 atom stereocenters. The Labute approximate surface area is 86.3 Å². The van der Waals surface area contributed by atoms with Crippen LogP contribution in [-0.4, -0.2) is 40.3 Å². The van der Waals surface area contributed by atoms with Crippen molar-refractivity contribution in [2.45, 2.75) is 13.0 Å². The molecule has 1 unspecified atom stereocenters. The molecule has 0 aliphatic rings. The lowest BCUT2D eigenvalue weighted by Crippen LogP contribution is -2.36. The maximum absolute atomic E-state index is 11.4. The summed E-state index contributed by atoms with van der Waals surface area (Å²) in [6, 6.07) is -0.322. The predicted octanol–water partition coefficient (Wildman–Crippen LogP) is 0.00890. The van der Waals surface area contributed by atoms with Crippen molar-refractivity contribution in [3.8, 4) is 0 Å². The van der Waals surface area contributed by atoms with Crippen molar-refractivity contribution in [2.75, 3.05) is 25.1 Å². The second-order valence-electron chi connectivity index (χ2n) is 3.06. The van der Waals surface area contributed by atoms with Gasteiger partial charge >= 0.3 is 0 Å². The van der Waals surface area contributed by atoms with Crippen molar-refractivity contribution < 1.29 is 4.79 Å². The monoisotopic (exact) mass is 215 g/mol. The van der Waals surface area contributed by atoms with Gasteiger partial charge in [-0.3, -0.25) is 4.79 Å². The second kappa shape index (κ2) is 4.23. The molecule has 6 nitrogen and oxygen atoms in total. The van der Waals surface area contributed by atoms with Gasteiger partial charge in [0.05, 0.1) is 0 Å². The molecule has 1 amide bonds. The van der Waals surface area contributed by atoms with Crippen molar-refractivity contribution in [3.05, 3.63) is 0 Å². The fourth-order valence-electron chi connectivity index (χ4n) is 0.928. The second-order valence-corrected chi connectivity index (χ2v) is 3.81. The van der Waals surface area contributed by atoms with Gasteiger partial charge in [0.25, 0.3) is 0 Å². The number of nitrogens with one attached hydrogen (secondary N) is 1. The average molecular weight is 215 g/mol. The van der Waals surface area contributed by atoms with Crippen LogP contribution in [-0.2, 0) is 4.79 Å². The van der Waals surface area contributed by atoms with E-state index in [1.165, 1.54) is 4.90 Å². The Hall–Kier alpha value is -1.37. The number of nitrogens with two attached hydrogens (primary N) is 1. The van der Waals surface area contributed by atoms with Crippen molar-refractivity contribution in [2.24, 2.45) is 0 Å². The lowest BCUT2D eigenvalue weighted by Gasteiger charge is -2.16. The highest BCUT2D eigenvalue weighted by atomic mass is 32.1. The molecule has 14 heavy (non-hydrogen) atoms. The molecule has 0 fully saturated rings. The summed E-state index contributed by atoms with van der Waals surface area (Å²) in [4.78, 5) is 16.9. The normalized spacial score (nSPS) is 12.2. The van der Waals surface area contributed by atoms with Gasteiger partial charge in [0.1, 0.15) is 6.04 Å². The minimum absolute atomic E-state index is 0.0150. The summed E-state index contributed by atoms with van der Waals surface area (Å²) in [6.45, 7) is 1.76. The number of nitrogen functional groups attached to an aromatic ring is 1. The zero-order valence-electron chi connectivity index (χ0n) is 8.31. The maximum Gasteiger partial charge on any atom is 0.244 e. The van der Waals surface area contributed by atoms with Gasteiger partial charge in [-0.1, -0.05) is 0 Å². The largest absolute Gasteiger partial charge is 0.367 e. The Balaban J connectivity index is 2.57. The quantitative estimate of drug-likeness (QED) is 0.742. The Morgan fingerprint density at radius 1 is 1.64 bits per heavy atom. The average Bonchev–Trinajstić information content (AvgIpc) is 2.49. The number of likely N-dealkylation sites (N-methyl/N-ethyl adjacent to an activating group) is 1. The van der Waals surface area contributed by atoms with Gasteiger partial charge in [0.15, 0.2) is 0 Å². The zero-order valence-corrected chi connectivity index (χ0v) is 9.13. The van der Waals surface area contributed by atoms with Gasteiger partial charge in [0, 0.05) is 25.6 Å². The number of carbonyl (C=O) groups is 1. The Bertz CT molecular complexity index is 324. The maximum atomic E-state index is 11.4. The number of nitrogens with zero attached hydrogens (tertiary/aromatic N) is 3. The molecular weight excluding hydrogens is 202 g/mol. The van der Waals surface area contributed by atoms with E-state index in [0.29, 0.717) is 5.13 Å². The van der Waals surface area contributed by atoms with E-state index < -0.39 is 0 Å². The third kappa shape index (κ3) is 2.56. The summed E-state index contributed by atoms with van der Waals surface area (Å²) >= 11 is 1.14. The highest BCUT2D eigenvalue weighted by molar-refractivity contribution is 7.09. The third-order valence-electron chi connectivity index (χ3n) is 1.59. The number of aromatic nitrogens is 2. The standard InChI is InChI=1S/C7H13N5OS/c1-4(5(13)12(2)3)9-7-10-6(8)11-14-7/h4H,1-3H3,(H3,8,9,10,11). The van der Waals surface area contributed by atoms with Gasteiger partial charge in [-0.15, -0.1) is 0 Å². The fourth-order valence-corrected chi connectivity index (χ4v) is 1.51. The summed E-state index contributed by atoms with van der Waals surface area (Å²) in [7, 11) is 3.41. The number of carbonyl (C=O) groups excluding carboxylic acids is 1. The lowest BCUT2D eigenvalue weighted by molar-refractivity contribution is -0.129. The van der Waals surface area contributed by atoms with Crippen LogP contribution >= 0.6 is 11.5 Å². The summed E-state index contributed by atoms with van der Waals surface area (Å²) in [6.07, 6.45) is 0. The lowest BCUT2D eigenvalue weighted by atomic mass is 10.3. The molecule has 7 heteroatoms. The van der Waals surface area contributed by atoms with Crippen molar-refractivity contribution in [1.82, 2.24) is 14.3 Å². The van der Waals surface area contributed by atoms with Crippen LogP contribution in [0.3, 0.4) is 0 Å². The zero-order chi connectivity index (χ0) is 10.7. The highest BCUT2D eigenvalue weighted by Gasteiger charge is 2.15. The Kier molecular flexibility index (Phi) is 3.23. The van der Waals surface area contributed by atoms with Crippen LogP contribution in [0.4, 0.5) is 11.1 Å². The van der Waals surface area contributed by atoms with Gasteiger partial charge in [-0.05, 0) is 6.92 Å². The summed E-state index contributed by atoms with van der Waals surface area (Å²) in [5.41, 5.74) is 5.34. The first kappa shape index (κ1) is 10.7. The van der Waals surface area contributed by atoms with E-state index in [2.05, 4.69) is 14.7 Å². The first-order chi connectivity index (χ1) is 6.50. The van der Waals surface area contributed by atoms with Gasteiger partial charge in [0.2, 0.25) is 17.0 Å². The van der Waals surface area contributed by atoms with E-state index in [9.17, 15) is 4.79 Å². The molecule has 0 bridgehead atoms. The highest BCUT2D eigenvalue weighted by Crippen LogP contribution is 2.13. The van der Waals surface area contributed by atoms with Crippen molar-refractivity contribution in [1.29, 1.82) is 0 Å². The van der Waals surface area contributed by atoms with Crippen LogP contribution in [0, 0.1) is 0 Å². The summed E-state index contributed by atoms with van der Waals surface area (Å²) in [5.74, 6) is 0.209. The van der Waals surface area contributed by atoms with Gasteiger partial charge in [-0.2, -0.15) is 9.36 Å². The molecule has 0 radical (unpaired) electrons. The topological polar surface area (TPSA) is 84.1 Å². The SMILES string of the molecule is CC(Nc1nc(N)ns1)C(=O)N(C)C. The van der Waals surface area contributed by atoms with Crippen LogP contribution in [0.1, 0.15) is 6.92 Å². The first-order valence-electron chi connectivity index (χ1n) is 4.07. The smallest absolute Gasteiger partial charge is 0.244 e. The van der Waals surface area contributed by atoms with Gasteiger partial charge in [-0.25, -0.2) is 0 Å². The van der Waals surface area contributed by atoms with Crippen LogP contribution in [0.15, 0.2) is 0 Å². The first-order valence-corrected chi connectivity index (χ1v) is 4.85. The van der Waals surface area contributed by atoms with Crippen LogP contribution in [0.5, 0.6) is 0 Å². The van der Waals surface area contributed by atoms with Crippen LogP contribution in [0.2, 0.25) is 0 Å². The van der Waals surface area contributed by atoms with Crippen LogP contribution < -0.4 is 11.1 Å².